The highest BCUT2D eigenvalue weighted by molar-refractivity contribution is 5.87. The van der Waals surface area contributed by atoms with Gasteiger partial charge in [0.1, 0.15) is 16.8 Å². The first kappa shape index (κ1) is 30.3. The van der Waals surface area contributed by atoms with Crippen molar-refractivity contribution < 1.29 is 23.9 Å². The second-order valence-corrected chi connectivity index (χ2v) is 12.4. The van der Waals surface area contributed by atoms with Crippen LogP contribution in [0.4, 0.5) is 4.79 Å². The smallest absolute Gasteiger partial charge is 0.408 e. The van der Waals surface area contributed by atoms with E-state index < -0.39 is 22.7 Å². The number of esters is 1. The van der Waals surface area contributed by atoms with Crippen molar-refractivity contribution in [2.45, 2.75) is 118 Å². The third-order valence-corrected chi connectivity index (χ3v) is 5.98. The lowest BCUT2D eigenvalue weighted by molar-refractivity contribution is -0.166. The molecule has 0 unspecified atom stereocenters. The van der Waals surface area contributed by atoms with Gasteiger partial charge in [0.05, 0.1) is 22.8 Å². The van der Waals surface area contributed by atoms with Crippen LogP contribution in [0.1, 0.15) is 117 Å². The molecule has 1 atom stereocenters. The van der Waals surface area contributed by atoms with Crippen molar-refractivity contribution in [3.05, 3.63) is 29.6 Å². The number of carbonyl (C=O) groups is 3. The Morgan fingerprint density at radius 2 is 1.59 bits per heavy atom. The average Bonchev–Trinajstić information content (AvgIpc) is 3.10. The van der Waals surface area contributed by atoms with E-state index in [4.69, 9.17) is 14.5 Å². The lowest BCUT2D eigenvalue weighted by Crippen LogP contribution is -2.34. The number of ether oxygens (including phenoxy) is 2. The highest BCUT2D eigenvalue weighted by atomic mass is 16.6. The molecule has 37 heavy (non-hydrogen) atoms. The van der Waals surface area contributed by atoms with Gasteiger partial charge in [-0.15, -0.1) is 0 Å². The summed E-state index contributed by atoms with van der Waals surface area (Å²) in [7, 11) is 0. The van der Waals surface area contributed by atoms with Crippen molar-refractivity contribution in [2.75, 3.05) is 0 Å². The number of aromatic nitrogens is 2. The zero-order chi connectivity index (χ0) is 28.0. The molecule has 0 radical (unpaired) electrons. The van der Waals surface area contributed by atoms with Crippen LogP contribution in [-0.4, -0.2) is 39.1 Å². The van der Waals surface area contributed by atoms with E-state index in [0.29, 0.717) is 17.9 Å². The minimum absolute atomic E-state index is 0.160. The van der Waals surface area contributed by atoms with E-state index in [0.717, 1.165) is 49.4 Å². The molecule has 8 nitrogen and oxygen atoms in total. The fraction of sp³-hybridized carbons (Fsp3) is 0.655. The number of alkyl carbamates (subject to hydrolysis) is 1. The summed E-state index contributed by atoms with van der Waals surface area (Å²) in [6.45, 7) is 17.5. The molecule has 1 amide bonds. The van der Waals surface area contributed by atoms with Crippen LogP contribution in [0.2, 0.25) is 0 Å². The molecule has 206 valence electrons. The highest BCUT2D eigenvalue weighted by Crippen LogP contribution is 2.28. The Labute approximate surface area is 221 Å². The summed E-state index contributed by atoms with van der Waals surface area (Å²) in [4.78, 5) is 41.1. The van der Waals surface area contributed by atoms with Crippen LogP contribution in [0.15, 0.2) is 18.2 Å². The van der Waals surface area contributed by atoms with Crippen molar-refractivity contribution in [1.82, 2.24) is 14.9 Å². The van der Waals surface area contributed by atoms with Crippen molar-refractivity contribution in [3.8, 4) is 0 Å². The molecule has 2 aromatic rings. The Kier molecular flexibility index (Phi) is 9.91. The standard InChI is InChI=1S/C29H45N3O5/c1-20(30-26(35)37-28(5,6)7)23-15-14-21-18-22(19-33)32(24(21)31-23)17-13-11-10-12-16-29(8,9)25(34)36-27(2,3)4/h14-15,18-20H,10-13,16-17H2,1-9H3,(H,30,35)/t20-/m1/s1. The van der Waals surface area contributed by atoms with E-state index in [2.05, 4.69) is 5.32 Å². The zero-order valence-electron chi connectivity index (χ0n) is 24.1. The molecule has 0 spiro atoms. The topological polar surface area (TPSA) is 99.5 Å². The van der Waals surface area contributed by atoms with Gasteiger partial charge in [-0.05, 0) is 93.4 Å². The molecule has 0 saturated heterocycles. The van der Waals surface area contributed by atoms with Crippen LogP contribution < -0.4 is 5.32 Å². The van der Waals surface area contributed by atoms with Crippen LogP contribution in [0.3, 0.4) is 0 Å². The second kappa shape index (κ2) is 12.1. The van der Waals surface area contributed by atoms with Crippen LogP contribution in [-0.2, 0) is 20.8 Å². The molecule has 0 saturated carbocycles. The van der Waals surface area contributed by atoms with Gasteiger partial charge in [-0.3, -0.25) is 9.59 Å². The number of carbonyl (C=O) groups excluding carboxylic acids is 3. The Hall–Kier alpha value is -2.90. The van der Waals surface area contributed by atoms with Gasteiger partial charge in [0, 0.05) is 11.9 Å². The Morgan fingerprint density at radius 1 is 0.973 bits per heavy atom. The normalized spacial score (nSPS) is 13.3. The maximum atomic E-state index is 12.5. The SMILES string of the molecule is C[C@@H](NC(=O)OC(C)(C)C)c1ccc2cc(C=O)n(CCCCCCC(C)(C)C(=O)OC(C)(C)C)c2n1. The van der Waals surface area contributed by atoms with E-state index in [1.54, 1.807) is 0 Å². The molecule has 0 bridgehead atoms. The molecule has 2 rings (SSSR count). The molecular weight excluding hydrogens is 470 g/mol. The molecule has 0 fully saturated rings. The number of unbranched alkanes of at least 4 members (excludes halogenated alkanes) is 3. The molecule has 0 aromatic carbocycles. The number of rotatable bonds is 11. The van der Waals surface area contributed by atoms with Gasteiger partial charge in [0.25, 0.3) is 0 Å². The number of hydrogen-bond donors (Lipinski definition) is 1. The van der Waals surface area contributed by atoms with Crippen LogP contribution in [0.5, 0.6) is 0 Å². The lowest BCUT2D eigenvalue weighted by atomic mass is 9.86. The number of aryl methyl sites for hydroxylation is 1. The van der Waals surface area contributed by atoms with Crippen LogP contribution in [0.25, 0.3) is 11.0 Å². The maximum absolute atomic E-state index is 12.5. The first-order chi connectivity index (χ1) is 17.0. The molecule has 1 N–H and O–H groups in total. The van der Waals surface area contributed by atoms with Gasteiger partial charge in [-0.2, -0.15) is 0 Å². The van der Waals surface area contributed by atoms with Crippen molar-refractivity contribution in [2.24, 2.45) is 5.41 Å². The fourth-order valence-corrected chi connectivity index (χ4v) is 4.00. The van der Waals surface area contributed by atoms with Crippen LogP contribution in [0, 0.1) is 5.41 Å². The third kappa shape index (κ3) is 9.48. The monoisotopic (exact) mass is 515 g/mol. The molecule has 2 aromatic heterocycles. The average molecular weight is 516 g/mol. The summed E-state index contributed by atoms with van der Waals surface area (Å²) in [5.41, 5.74) is 0.419. The number of pyridine rings is 1. The Balaban J connectivity index is 1.97. The van der Waals surface area contributed by atoms with E-state index in [1.165, 1.54) is 0 Å². The third-order valence-electron chi connectivity index (χ3n) is 5.98. The van der Waals surface area contributed by atoms with Crippen molar-refractivity contribution in [1.29, 1.82) is 0 Å². The molecule has 0 aliphatic rings. The molecule has 2 heterocycles. The van der Waals surface area contributed by atoms with Crippen molar-refractivity contribution in [3.63, 3.8) is 0 Å². The first-order valence-corrected chi connectivity index (χ1v) is 13.2. The number of aldehydes is 1. The fourth-order valence-electron chi connectivity index (χ4n) is 4.00. The minimum atomic E-state index is -0.583. The number of hydrogen-bond acceptors (Lipinski definition) is 6. The summed E-state index contributed by atoms with van der Waals surface area (Å²) in [5, 5.41) is 3.70. The molecule has 8 heteroatoms. The largest absolute Gasteiger partial charge is 0.460 e. The molecule has 0 aliphatic heterocycles. The summed E-state index contributed by atoms with van der Waals surface area (Å²) in [5.74, 6) is -0.160. The van der Waals surface area contributed by atoms with Gasteiger partial charge in [0.15, 0.2) is 6.29 Å². The Morgan fingerprint density at radius 3 is 2.19 bits per heavy atom. The summed E-state index contributed by atoms with van der Waals surface area (Å²) in [6, 6.07) is 5.27. The van der Waals surface area contributed by atoms with E-state index in [1.807, 2.05) is 85.1 Å². The highest BCUT2D eigenvalue weighted by Gasteiger charge is 2.31. The van der Waals surface area contributed by atoms with Gasteiger partial charge in [0.2, 0.25) is 0 Å². The first-order valence-electron chi connectivity index (χ1n) is 13.2. The molecular formula is C29H45N3O5. The number of nitrogens with zero attached hydrogens (tertiary/aromatic N) is 2. The van der Waals surface area contributed by atoms with Gasteiger partial charge in [-0.1, -0.05) is 19.3 Å². The predicted molar refractivity (Wildman–Crippen MR) is 146 cm³/mol. The Bertz CT molecular complexity index is 1090. The summed E-state index contributed by atoms with van der Waals surface area (Å²) < 4.78 is 12.8. The van der Waals surface area contributed by atoms with Gasteiger partial charge in [-0.25, -0.2) is 9.78 Å². The summed E-state index contributed by atoms with van der Waals surface area (Å²) >= 11 is 0. The van der Waals surface area contributed by atoms with E-state index >= 15 is 0 Å². The quantitative estimate of drug-likeness (QED) is 0.202. The maximum Gasteiger partial charge on any atom is 0.408 e. The zero-order valence-corrected chi connectivity index (χ0v) is 24.1. The van der Waals surface area contributed by atoms with Crippen LogP contribution >= 0.6 is 0 Å². The number of amides is 1. The summed E-state index contributed by atoms with van der Waals surface area (Å²) in [6.07, 6.45) is 4.88. The lowest BCUT2D eigenvalue weighted by Gasteiger charge is -2.28. The van der Waals surface area contributed by atoms with Gasteiger partial charge < -0.3 is 19.4 Å². The predicted octanol–water partition coefficient (Wildman–Crippen LogP) is 6.75. The van der Waals surface area contributed by atoms with Gasteiger partial charge >= 0.3 is 12.1 Å². The molecule has 0 aliphatic carbocycles. The van der Waals surface area contributed by atoms with Crippen molar-refractivity contribution >= 4 is 29.4 Å². The number of nitrogens with one attached hydrogen (secondary N) is 1. The minimum Gasteiger partial charge on any atom is -0.460 e. The van der Waals surface area contributed by atoms with E-state index in [9.17, 15) is 14.4 Å². The van der Waals surface area contributed by atoms with E-state index in [-0.39, 0.29) is 12.0 Å². The number of fused-ring (bicyclic) bond motifs is 1. The second-order valence-electron chi connectivity index (χ2n) is 12.4.